The molecule has 0 bridgehead atoms. The Morgan fingerprint density at radius 3 is 2.45 bits per heavy atom. The maximum absolute atomic E-state index is 14.0. The first-order valence-corrected chi connectivity index (χ1v) is 9.39. The molecule has 7 nitrogen and oxygen atoms in total. The number of hydrogen-bond donors (Lipinski definition) is 3. The summed E-state index contributed by atoms with van der Waals surface area (Å²) >= 11 is 5.84. The minimum Gasteiger partial charge on any atom is -0.493 e. The number of rotatable bonds is 6. The van der Waals surface area contributed by atoms with Crippen molar-refractivity contribution in [2.75, 3.05) is 0 Å². The molecule has 1 amide bonds. The highest BCUT2D eigenvalue weighted by molar-refractivity contribution is 6.32. The van der Waals surface area contributed by atoms with Crippen molar-refractivity contribution in [1.82, 2.24) is 15.1 Å². The van der Waals surface area contributed by atoms with Gasteiger partial charge in [-0.15, -0.1) is 0 Å². The van der Waals surface area contributed by atoms with Crippen LogP contribution >= 0.6 is 11.6 Å². The summed E-state index contributed by atoms with van der Waals surface area (Å²) in [5.74, 6) is -5.24. The van der Waals surface area contributed by atoms with Gasteiger partial charge in [0.25, 0.3) is 5.91 Å². The third kappa shape index (κ3) is 5.22. The Morgan fingerprint density at radius 2 is 1.85 bits per heavy atom. The molecule has 1 atom stereocenters. The van der Waals surface area contributed by atoms with Crippen LogP contribution in [0.2, 0.25) is 5.02 Å². The minimum atomic E-state index is -4.82. The molecule has 0 fully saturated rings. The van der Waals surface area contributed by atoms with Gasteiger partial charge in [0.15, 0.2) is 11.5 Å². The summed E-state index contributed by atoms with van der Waals surface area (Å²) in [6, 6.07) is 4.49. The van der Waals surface area contributed by atoms with E-state index in [9.17, 15) is 36.6 Å². The molecule has 2 aromatic carbocycles. The summed E-state index contributed by atoms with van der Waals surface area (Å²) in [5.41, 5.74) is -2.44. The highest BCUT2D eigenvalue weighted by Gasteiger charge is 2.35. The van der Waals surface area contributed by atoms with Crippen molar-refractivity contribution in [3.8, 4) is 11.6 Å². The first-order valence-electron chi connectivity index (χ1n) is 9.01. The molecular formula is C20H13ClF5N3O4. The van der Waals surface area contributed by atoms with E-state index >= 15 is 0 Å². The van der Waals surface area contributed by atoms with Gasteiger partial charge in [0.1, 0.15) is 11.5 Å². The number of halogens is 6. The van der Waals surface area contributed by atoms with Crippen molar-refractivity contribution >= 4 is 23.5 Å². The van der Waals surface area contributed by atoms with Gasteiger partial charge in [0.05, 0.1) is 23.0 Å². The lowest BCUT2D eigenvalue weighted by molar-refractivity contribution is -0.138. The first-order chi connectivity index (χ1) is 15.4. The minimum absolute atomic E-state index is 0.310. The summed E-state index contributed by atoms with van der Waals surface area (Å²) < 4.78 is 67.2. The lowest BCUT2D eigenvalue weighted by Gasteiger charge is -2.20. The molecule has 3 rings (SSSR count). The van der Waals surface area contributed by atoms with Crippen LogP contribution in [0.4, 0.5) is 22.0 Å². The summed E-state index contributed by atoms with van der Waals surface area (Å²) in [7, 11) is 0. The number of aromatic hydroxyl groups is 1. The van der Waals surface area contributed by atoms with Crippen LogP contribution in [0.1, 0.15) is 34.1 Å². The van der Waals surface area contributed by atoms with Gasteiger partial charge in [-0.3, -0.25) is 9.59 Å². The fourth-order valence-corrected chi connectivity index (χ4v) is 3.36. The van der Waals surface area contributed by atoms with Gasteiger partial charge in [0.2, 0.25) is 5.88 Å². The number of aromatic nitrogens is 2. The highest BCUT2D eigenvalue weighted by atomic mass is 35.5. The Kier molecular flexibility index (Phi) is 6.58. The Morgan fingerprint density at radius 1 is 1.15 bits per heavy atom. The molecule has 1 unspecified atom stereocenters. The Labute approximate surface area is 187 Å². The average Bonchev–Trinajstić information content (AvgIpc) is 3.08. The lowest BCUT2D eigenvalue weighted by Crippen LogP contribution is -2.31. The zero-order chi connectivity index (χ0) is 24.5. The molecule has 0 aliphatic heterocycles. The monoisotopic (exact) mass is 489 g/mol. The van der Waals surface area contributed by atoms with Gasteiger partial charge in [-0.25, -0.2) is 8.78 Å². The molecule has 0 saturated carbocycles. The molecular weight excluding hydrogens is 477 g/mol. The SMILES string of the molecule is O=C(O)CC(NC(=O)c1cc(O)n(-c2ccc(F)cc2F)n1)c1cccc(C(F)(F)F)c1Cl. The zero-order valence-electron chi connectivity index (χ0n) is 16.2. The Balaban J connectivity index is 1.95. The number of nitrogens with zero attached hydrogens (tertiary/aromatic N) is 2. The number of benzene rings is 2. The summed E-state index contributed by atoms with van der Waals surface area (Å²) in [5, 5.41) is 24.3. The molecule has 0 aliphatic carbocycles. The largest absolute Gasteiger partial charge is 0.493 e. The molecule has 33 heavy (non-hydrogen) atoms. The van der Waals surface area contributed by atoms with E-state index in [0.29, 0.717) is 16.8 Å². The van der Waals surface area contributed by atoms with Gasteiger partial charge in [-0.1, -0.05) is 23.7 Å². The second-order valence-corrected chi connectivity index (χ2v) is 7.10. The number of nitrogens with one attached hydrogen (secondary N) is 1. The molecule has 0 spiro atoms. The van der Waals surface area contributed by atoms with Crippen LogP contribution in [0.5, 0.6) is 5.88 Å². The van der Waals surface area contributed by atoms with E-state index in [2.05, 4.69) is 10.4 Å². The van der Waals surface area contributed by atoms with Gasteiger partial charge < -0.3 is 15.5 Å². The standard InChI is InChI=1S/C20H13ClF5N3O4/c21-18-10(2-1-3-11(18)20(24,25)26)13(8-17(31)32)27-19(33)14-7-16(30)29(28-14)15-5-4-9(22)6-12(15)23/h1-7,13,30H,8H2,(H,27,33)(H,31,32). The second kappa shape index (κ2) is 9.06. The van der Waals surface area contributed by atoms with E-state index in [4.69, 9.17) is 16.7 Å². The Bertz CT molecular complexity index is 1230. The average molecular weight is 490 g/mol. The number of hydrogen-bond acceptors (Lipinski definition) is 4. The number of carboxylic acids is 1. The molecule has 3 aromatic rings. The van der Waals surface area contributed by atoms with Crippen LogP contribution in [-0.2, 0) is 11.0 Å². The van der Waals surface area contributed by atoms with E-state index in [1.54, 1.807) is 0 Å². The fourth-order valence-electron chi connectivity index (χ4n) is 3.00. The topological polar surface area (TPSA) is 104 Å². The predicted molar refractivity (Wildman–Crippen MR) is 104 cm³/mol. The van der Waals surface area contributed by atoms with Gasteiger partial charge >= 0.3 is 12.1 Å². The van der Waals surface area contributed by atoms with Crippen molar-refractivity contribution in [2.45, 2.75) is 18.6 Å². The summed E-state index contributed by atoms with van der Waals surface area (Å²) in [6.45, 7) is 0. The normalized spacial score (nSPS) is 12.4. The van der Waals surface area contributed by atoms with Crippen molar-refractivity contribution in [1.29, 1.82) is 0 Å². The smallest absolute Gasteiger partial charge is 0.417 e. The van der Waals surface area contributed by atoms with Crippen LogP contribution in [0, 0.1) is 11.6 Å². The first kappa shape index (κ1) is 24.0. The van der Waals surface area contributed by atoms with Gasteiger partial charge in [0, 0.05) is 12.1 Å². The van der Waals surface area contributed by atoms with E-state index in [1.165, 1.54) is 0 Å². The molecule has 0 radical (unpaired) electrons. The number of amides is 1. The molecule has 13 heteroatoms. The highest BCUT2D eigenvalue weighted by Crippen LogP contribution is 2.38. The van der Waals surface area contributed by atoms with Crippen LogP contribution < -0.4 is 5.32 Å². The zero-order valence-corrected chi connectivity index (χ0v) is 17.0. The van der Waals surface area contributed by atoms with Gasteiger partial charge in [-0.2, -0.15) is 23.0 Å². The molecule has 1 heterocycles. The molecule has 3 N–H and O–H groups in total. The predicted octanol–water partition coefficient (Wildman–Crippen LogP) is 4.47. The van der Waals surface area contributed by atoms with Crippen LogP contribution in [-0.4, -0.2) is 31.9 Å². The number of carbonyl (C=O) groups is 2. The van der Waals surface area contributed by atoms with Gasteiger partial charge in [-0.05, 0) is 23.8 Å². The van der Waals surface area contributed by atoms with E-state index in [1.807, 2.05) is 0 Å². The Hall–Kier alpha value is -3.67. The van der Waals surface area contributed by atoms with E-state index < -0.39 is 70.0 Å². The number of alkyl halides is 3. The van der Waals surface area contributed by atoms with E-state index in [-0.39, 0.29) is 5.56 Å². The van der Waals surface area contributed by atoms with Crippen molar-refractivity contribution < 1.29 is 41.8 Å². The quantitative estimate of drug-likeness (QED) is 0.443. The van der Waals surface area contributed by atoms with E-state index in [0.717, 1.165) is 30.3 Å². The second-order valence-electron chi connectivity index (χ2n) is 6.73. The number of carbonyl (C=O) groups excluding carboxylic acids is 1. The maximum Gasteiger partial charge on any atom is 0.417 e. The summed E-state index contributed by atoms with van der Waals surface area (Å²) in [6.07, 6.45) is -5.65. The molecule has 0 aliphatic rings. The van der Waals surface area contributed by atoms with Crippen LogP contribution in [0.3, 0.4) is 0 Å². The third-order valence-electron chi connectivity index (χ3n) is 4.45. The maximum atomic E-state index is 14.0. The van der Waals surface area contributed by atoms with Crippen molar-refractivity contribution in [3.05, 3.63) is 75.9 Å². The van der Waals surface area contributed by atoms with Crippen molar-refractivity contribution in [3.63, 3.8) is 0 Å². The number of aliphatic carboxylic acids is 1. The molecule has 174 valence electrons. The number of carboxylic acid groups (broad SMARTS) is 1. The fraction of sp³-hybridized carbons (Fsp3) is 0.150. The molecule has 0 saturated heterocycles. The third-order valence-corrected chi connectivity index (χ3v) is 4.88. The molecule has 1 aromatic heterocycles. The van der Waals surface area contributed by atoms with Crippen molar-refractivity contribution in [2.24, 2.45) is 0 Å². The summed E-state index contributed by atoms with van der Waals surface area (Å²) in [4.78, 5) is 23.9. The lowest BCUT2D eigenvalue weighted by atomic mass is 10.0. The van der Waals surface area contributed by atoms with Crippen LogP contribution in [0.25, 0.3) is 5.69 Å². The van der Waals surface area contributed by atoms with Crippen LogP contribution in [0.15, 0.2) is 42.5 Å².